The van der Waals surface area contributed by atoms with Crippen molar-refractivity contribution >= 4 is 28.3 Å². The van der Waals surface area contributed by atoms with Gasteiger partial charge in [0.2, 0.25) is 5.91 Å². The van der Waals surface area contributed by atoms with Crippen molar-refractivity contribution in [2.45, 2.75) is 24.9 Å². The molecule has 4 rings (SSSR count). The van der Waals surface area contributed by atoms with Crippen molar-refractivity contribution < 1.29 is 14.3 Å². The number of nitrogens with zero attached hydrogens (tertiary/aromatic N) is 3. The van der Waals surface area contributed by atoms with Crippen molar-refractivity contribution in [2.75, 3.05) is 19.6 Å². The quantitative estimate of drug-likeness (QED) is 0.897. The number of aromatic nitrogens is 2. The maximum Gasteiger partial charge on any atom is 0.407 e. The Morgan fingerprint density at radius 3 is 3.23 bits per heavy atom. The van der Waals surface area contributed by atoms with Crippen LogP contribution in [0.15, 0.2) is 17.8 Å². The monoisotopic (exact) mass is 320 g/mol. The molecule has 0 aliphatic carbocycles. The van der Waals surface area contributed by atoms with Gasteiger partial charge in [-0.25, -0.2) is 9.78 Å². The van der Waals surface area contributed by atoms with Crippen LogP contribution in [0.1, 0.15) is 18.5 Å². The molecule has 2 aliphatic rings. The van der Waals surface area contributed by atoms with E-state index in [4.69, 9.17) is 4.74 Å². The van der Waals surface area contributed by atoms with Crippen LogP contribution in [0, 0.1) is 0 Å². The van der Waals surface area contributed by atoms with Crippen LogP contribution in [0.5, 0.6) is 0 Å². The van der Waals surface area contributed by atoms with Crippen molar-refractivity contribution in [3.8, 4) is 0 Å². The van der Waals surface area contributed by atoms with Gasteiger partial charge in [-0.05, 0) is 12.8 Å². The molecule has 8 heteroatoms. The molecule has 0 unspecified atom stereocenters. The van der Waals surface area contributed by atoms with Crippen LogP contribution < -0.4 is 5.32 Å². The van der Waals surface area contributed by atoms with Gasteiger partial charge in [0.1, 0.15) is 5.60 Å². The summed E-state index contributed by atoms with van der Waals surface area (Å²) in [6.07, 6.45) is 5.37. The average Bonchev–Trinajstić information content (AvgIpc) is 3.15. The molecule has 22 heavy (non-hydrogen) atoms. The van der Waals surface area contributed by atoms with E-state index in [1.165, 1.54) is 0 Å². The second-order valence-corrected chi connectivity index (χ2v) is 6.72. The number of thiazole rings is 1. The summed E-state index contributed by atoms with van der Waals surface area (Å²) in [6.45, 7) is 1.66. The summed E-state index contributed by atoms with van der Waals surface area (Å²) < 4.78 is 7.32. The van der Waals surface area contributed by atoms with Crippen molar-refractivity contribution in [1.82, 2.24) is 19.6 Å². The van der Waals surface area contributed by atoms with E-state index in [-0.39, 0.29) is 18.4 Å². The molecule has 116 valence electrons. The molecule has 0 bridgehead atoms. The molecule has 1 spiro atoms. The Kier molecular flexibility index (Phi) is 3.07. The lowest BCUT2D eigenvalue weighted by Crippen LogP contribution is -2.52. The number of piperidine rings is 1. The summed E-state index contributed by atoms with van der Waals surface area (Å²) >= 11 is 1.55. The molecule has 2 aromatic rings. The molecular formula is C14H16N4O3S. The number of alkyl carbamates (subject to hydrolysis) is 1. The second kappa shape index (κ2) is 4.98. The standard InChI is InChI=1S/C14H16N4O3S/c19-11(6-10-7-17-4-5-22-12(17)16-10)18-3-1-2-14(9-18)8-15-13(20)21-14/h4-5,7H,1-3,6,8-9H2,(H,15,20)/t14-/m0/s1. The largest absolute Gasteiger partial charge is 0.439 e. The van der Waals surface area contributed by atoms with Gasteiger partial charge >= 0.3 is 6.09 Å². The highest BCUT2D eigenvalue weighted by Gasteiger charge is 2.44. The number of imidazole rings is 1. The Balaban J connectivity index is 1.45. The lowest BCUT2D eigenvalue weighted by atomic mass is 9.93. The molecule has 1 atom stereocenters. The summed E-state index contributed by atoms with van der Waals surface area (Å²) in [5.41, 5.74) is 0.234. The highest BCUT2D eigenvalue weighted by molar-refractivity contribution is 7.15. The summed E-state index contributed by atoms with van der Waals surface area (Å²) in [6, 6.07) is 0. The number of fused-ring (bicyclic) bond motifs is 1. The molecule has 7 nitrogen and oxygen atoms in total. The minimum Gasteiger partial charge on any atom is -0.439 e. The number of carbonyl (C=O) groups is 2. The molecule has 1 N–H and O–H groups in total. The molecule has 2 aliphatic heterocycles. The number of amides is 2. The molecule has 0 radical (unpaired) electrons. The topological polar surface area (TPSA) is 75.9 Å². The van der Waals surface area contributed by atoms with Crippen LogP contribution in [0.2, 0.25) is 0 Å². The first-order chi connectivity index (χ1) is 10.6. The Labute approximate surface area is 130 Å². The zero-order chi connectivity index (χ0) is 15.2. The second-order valence-electron chi connectivity index (χ2n) is 5.85. The molecule has 0 aromatic carbocycles. The van der Waals surface area contributed by atoms with Crippen LogP contribution in [0.3, 0.4) is 0 Å². The fraction of sp³-hybridized carbons (Fsp3) is 0.500. The minimum atomic E-state index is -0.542. The summed E-state index contributed by atoms with van der Waals surface area (Å²) in [4.78, 5) is 30.9. The predicted molar refractivity (Wildman–Crippen MR) is 79.8 cm³/mol. The number of ether oxygens (including phenoxy) is 1. The SMILES string of the molecule is O=C1NC[C@]2(CCCN(C(=O)Cc3cn4ccsc4n3)C2)O1. The Morgan fingerprint density at radius 2 is 2.45 bits per heavy atom. The number of hydrogen-bond acceptors (Lipinski definition) is 5. The van der Waals surface area contributed by atoms with Crippen molar-refractivity contribution in [2.24, 2.45) is 0 Å². The van der Waals surface area contributed by atoms with Crippen LogP contribution in [0.25, 0.3) is 4.96 Å². The maximum atomic E-state index is 12.5. The maximum absolute atomic E-state index is 12.5. The highest BCUT2D eigenvalue weighted by Crippen LogP contribution is 2.28. The third kappa shape index (κ3) is 2.33. The third-order valence-corrected chi connectivity index (χ3v) is 5.00. The Hall–Kier alpha value is -2.09. The normalized spacial score (nSPS) is 24.7. The van der Waals surface area contributed by atoms with E-state index in [0.29, 0.717) is 19.6 Å². The summed E-state index contributed by atoms with van der Waals surface area (Å²) in [7, 11) is 0. The molecular weight excluding hydrogens is 304 g/mol. The van der Waals surface area contributed by atoms with Gasteiger partial charge in [-0.2, -0.15) is 0 Å². The van der Waals surface area contributed by atoms with Crippen LogP contribution >= 0.6 is 11.3 Å². The molecule has 2 amide bonds. The first kappa shape index (κ1) is 13.6. The predicted octanol–water partition coefficient (Wildman–Crippen LogP) is 1.04. The zero-order valence-electron chi connectivity index (χ0n) is 11.9. The van der Waals surface area contributed by atoms with Crippen LogP contribution in [-0.2, 0) is 16.0 Å². The van der Waals surface area contributed by atoms with Crippen LogP contribution in [0.4, 0.5) is 4.79 Å². The van der Waals surface area contributed by atoms with Crippen molar-refractivity contribution in [1.29, 1.82) is 0 Å². The van der Waals surface area contributed by atoms with E-state index < -0.39 is 5.60 Å². The number of nitrogens with one attached hydrogen (secondary N) is 1. The first-order valence-corrected chi connectivity index (χ1v) is 8.17. The van der Waals surface area contributed by atoms with Gasteiger partial charge in [-0.3, -0.25) is 9.20 Å². The van der Waals surface area contributed by atoms with Gasteiger partial charge in [0.05, 0.1) is 25.2 Å². The fourth-order valence-electron chi connectivity index (χ4n) is 3.17. The number of likely N-dealkylation sites (tertiary alicyclic amines) is 1. The minimum absolute atomic E-state index is 0.0350. The first-order valence-electron chi connectivity index (χ1n) is 7.29. The molecule has 0 saturated carbocycles. The van der Waals surface area contributed by atoms with Crippen LogP contribution in [-0.4, -0.2) is 51.5 Å². The van der Waals surface area contributed by atoms with E-state index >= 15 is 0 Å². The van der Waals surface area contributed by atoms with Gasteiger partial charge in [-0.1, -0.05) is 0 Å². The summed E-state index contributed by atoms with van der Waals surface area (Å²) in [5, 5.41) is 4.65. The van der Waals surface area contributed by atoms with E-state index in [1.807, 2.05) is 22.2 Å². The molecule has 2 fully saturated rings. The average molecular weight is 320 g/mol. The van der Waals surface area contributed by atoms with Gasteiger partial charge in [-0.15, -0.1) is 11.3 Å². The number of hydrogen-bond donors (Lipinski definition) is 1. The summed E-state index contributed by atoms with van der Waals surface area (Å²) in [5.74, 6) is 0.0350. The lowest BCUT2D eigenvalue weighted by molar-refractivity contribution is -0.136. The van der Waals surface area contributed by atoms with E-state index in [0.717, 1.165) is 23.5 Å². The van der Waals surface area contributed by atoms with Gasteiger partial charge < -0.3 is 15.0 Å². The molecule has 2 aromatic heterocycles. The van der Waals surface area contributed by atoms with E-state index in [1.54, 1.807) is 16.2 Å². The smallest absolute Gasteiger partial charge is 0.407 e. The van der Waals surface area contributed by atoms with Crippen molar-refractivity contribution in [3.63, 3.8) is 0 Å². The van der Waals surface area contributed by atoms with E-state index in [9.17, 15) is 9.59 Å². The molecule has 2 saturated heterocycles. The Bertz CT molecular complexity index is 711. The molecule has 4 heterocycles. The van der Waals surface area contributed by atoms with Crippen molar-refractivity contribution in [3.05, 3.63) is 23.5 Å². The van der Waals surface area contributed by atoms with Gasteiger partial charge in [0.25, 0.3) is 0 Å². The lowest BCUT2D eigenvalue weighted by Gasteiger charge is -2.38. The van der Waals surface area contributed by atoms with Gasteiger partial charge in [0, 0.05) is 24.3 Å². The van der Waals surface area contributed by atoms with E-state index in [2.05, 4.69) is 10.3 Å². The number of carbonyl (C=O) groups excluding carboxylic acids is 2. The number of rotatable bonds is 2. The van der Waals surface area contributed by atoms with Gasteiger partial charge in [0.15, 0.2) is 4.96 Å². The zero-order valence-corrected chi connectivity index (χ0v) is 12.8. The highest BCUT2D eigenvalue weighted by atomic mass is 32.1. The third-order valence-electron chi connectivity index (χ3n) is 4.23. The fourth-order valence-corrected chi connectivity index (χ4v) is 3.89. The Morgan fingerprint density at radius 1 is 1.55 bits per heavy atom.